The molecule has 5 nitrogen and oxygen atoms in total. The number of hydrogen-bond donors (Lipinski definition) is 0. The molecule has 2 aliphatic carbocycles. The predicted molar refractivity (Wildman–Crippen MR) is 111 cm³/mol. The minimum absolute atomic E-state index is 0.0919. The SMILES string of the molecule is CCOC(=O)c1cn2c(cc1=O)-c1cc(C(F)(F)F)c(OCC3CC3)cc1CC21CCC1. The topological polar surface area (TPSA) is 57.5 Å². The molecule has 2 aromatic rings. The molecule has 170 valence electrons. The van der Waals surface area contributed by atoms with Crippen molar-refractivity contribution in [2.24, 2.45) is 5.92 Å². The molecule has 1 spiro atoms. The Morgan fingerprint density at radius 2 is 1.97 bits per heavy atom. The highest BCUT2D eigenvalue weighted by atomic mass is 19.4. The van der Waals surface area contributed by atoms with Gasteiger partial charge >= 0.3 is 12.1 Å². The fourth-order valence-corrected chi connectivity index (χ4v) is 4.78. The molecule has 8 heteroatoms. The lowest BCUT2D eigenvalue weighted by molar-refractivity contribution is -0.139. The molecule has 0 atom stereocenters. The van der Waals surface area contributed by atoms with Crippen LogP contribution in [-0.4, -0.2) is 23.8 Å². The maximum atomic E-state index is 13.9. The zero-order chi connectivity index (χ0) is 22.7. The van der Waals surface area contributed by atoms with Gasteiger partial charge in [0.1, 0.15) is 11.3 Å². The summed E-state index contributed by atoms with van der Waals surface area (Å²) in [7, 11) is 0. The highest BCUT2D eigenvalue weighted by molar-refractivity contribution is 5.89. The van der Waals surface area contributed by atoms with Crippen LogP contribution in [0.1, 0.15) is 60.5 Å². The summed E-state index contributed by atoms with van der Waals surface area (Å²) >= 11 is 0. The summed E-state index contributed by atoms with van der Waals surface area (Å²) in [5.74, 6) is -0.532. The lowest BCUT2D eigenvalue weighted by Crippen LogP contribution is -2.46. The van der Waals surface area contributed by atoms with Crippen molar-refractivity contribution in [2.75, 3.05) is 13.2 Å². The summed E-state index contributed by atoms with van der Waals surface area (Å²) in [6.45, 7) is 2.07. The molecule has 1 aromatic heterocycles. The zero-order valence-corrected chi connectivity index (χ0v) is 17.8. The first kappa shape index (κ1) is 21.1. The van der Waals surface area contributed by atoms with Gasteiger partial charge < -0.3 is 14.0 Å². The average molecular weight is 447 g/mol. The summed E-state index contributed by atoms with van der Waals surface area (Å²) < 4.78 is 54.1. The first-order valence-corrected chi connectivity index (χ1v) is 11.0. The fraction of sp³-hybridized carbons (Fsp3) is 0.500. The number of benzene rings is 1. The Morgan fingerprint density at radius 3 is 2.56 bits per heavy atom. The number of rotatable bonds is 5. The lowest BCUT2D eigenvalue weighted by atomic mass is 9.69. The number of pyridine rings is 1. The summed E-state index contributed by atoms with van der Waals surface area (Å²) in [5.41, 5.74) is -0.332. The van der Waals surface area contributed by atoms with E-state index in [0.29, 0.717) is 23.6 Å². The van der Waals surface area contributed by atoms with E-state index in [-0.39, 0.29) is 30.1 Å². The summed E-state index contributed by atoms with van der Waals surface area (Å²) in [6, 6.07) is 3.88. The van der Waals surface area contributed by atoms with E-state index in [1.54, 1.807) is 6.92 Å². The van der Waals surface area contributed by atoms with Crippen LogP contribution in [0.4, 0.5) is 13.2 Å². The van der Waals surface area contributed by atoms with Crippen LogP contribution in [0.15, 0.2) is 29.2 Å². The first-order valence-electron chi connectivity index (χ1n) is 11.0. The second-order valence-corrected chi connectivity index (χ2v) is 9.04. The molecule has 0 saturated heterocycles. The smallest absolute Gasteiger partial charge is 0.419 e. The summed E-state index contributed by atoms with van der Waals surface area (Å²) in [5, 5.41) is 0. The van der Waals surface area contributed by atoms with Gasteiger partial charge in [-0.25, -0.2) is 4.79 Å². The third kappa shape index (κ3) is 3.49. The normalized spacial score (nSPS) is 18.5. The molecule has 0 radical (unpaired) electrons. The van der Waals surface area contributed by atoms with Crippen LogP contribution in [0.25, 0.3) is 11.3 Å². The largest absolute Gasteiger partial charge is 0.493 e. The second-order valence-electron chi connectivity index (χ2n) is 9.04. The highest BCUT2D eigenvalue weighted by Gasteiger charge is 2.45. The van der Waals surface area contributed by atoms with E-state index < -0.39 is 23.1 Å². The standard InChI is InChI=1S/C24H24F3NO4/c1-2-31-22(30)17-12-28-19(10-20(17)29)16-9-18(24(25,26)27)21(32-13-14-4-5-14)8-15(16)11-23(28)6-3-7-23/h8-10,12,14H,2-7,11,13H2,1H3. The Kier molecular flexibility index (Phi) is 4.87. The van der Waals surface area contributed by atoms with Crippen LogP contribution in [0.2, 0.25) is 0 Å². The fourth-order valence-electron chi connectivity index (χ4n) is 4.78. The maximum absolute atomic E-state index is 13.9. The lowest BCUT2D eigenvalue weighted by Gasteiger charge is -2.49. The number of alkyl halides is 3. The van der Waals surface area contributed by atoms with Crippen LogP contribution >= 0.6 is 0 Å². The van der Waals surface area contributed by atoms with Gasteiger partial charge in [0.2, 0.25) is 0 Å². The molecule has 5 rings (SSSR count). The number of ether oxygens (including phenoxy) is 2. The predicted octanol–water partition coefficient (Wildman–Crippen LogP) is 4.93. The van der Waals surface area contributed by atoms with Gasteiger partial charge in [0, 0.05) is 23.4 Å². The van der Waals surface area contributed by atoms with Crippen molar-refractivity contribution in [2.45, 2.75) is 57.2 Å². The third-order valence-electron chi connectivity index (χ3n) is 6.82. The Balaban J connectivity index is 1.66. The van der Waals surface area contributed by atoms with Crippen molar-refractivity contribution in [1.29, 1.82) is 0 Å². The molecule has 1 aromatic carbocycles. The number of aromatic nitrogens is 1. The molecule has 2 saturated carbocycles. The van der Waals surface area contributed by atoms with Gasteiger partial charge in [-0.2, -0.15) is 13.2 Å². The van der Waals surface area contributed by atoms with Gasteiger partial charge in [-0.3, -0.25) is 4.79 Å². The van der Waals surface area contributed by atoms with E-state index in [2.05, 4.69) is 0 Å². The molecular weight excluding hydrogens is 423 g/mol. The van der Waals surface area contributed by atoms with Crippen molar-refractivity contribution in [3.05, 3.63) is 51.3 Å². The quantitative estimate of drug-likeness (QED) is 0.610. The van der Waals surface area contributed by atoms with E-state index in [0.717, 1.165) is 43.7 Å². The van der Waals surface area contributed by atoms with Gasteiger partial charge in [0.25, 0.3) is 0 Å². The van der Waals surface area contributed by atoms with Gasteiger partial charge in [-0.1, -0.05) is 0 Å². The Bertz CT molecular complexity index is 1140. The van der Waals surface area contributed by atoms with Gasteiger partial charge in [-0.05, 0) is 69.1 Å². The monoisotopic (exact) mass is 447 g/mol. The van der Waals surface area contributed by atoms with E-state index in [4.69, 9.17) is 9.47 Å². The number of carbonyl (C=O) groups is 1. The first-order chi connectivity index (χ1) is 15.2. The van der Waals surface area contributed by atoms with Crippen molar-refractivity contribution >= 4 is 5.97 Å². The minimum atomic E-state index is -4.59. The number of carbonyl (C=O) groups excluding carboxylic acids is 1. The van der Waals surface area contributed by atoms with Crippen molar-refractivity contribution in [3.63, 3.8) is 0 Å². The van der Waals surface area contributed by atoms with Gasteiger partial charge in [0.05, 0.1) is 24.5 Å². The molecule has 2 fully saturated rings. The molecule has 0 unspecified atom stereocenters. The number of halogens is 3. The van der Waals surface area contributed by atoms with Crippen LogP contribution in [0, 0.1) is 5.92 Å². The van der Waals surface area contributed by atoms with Crippen LogP contribution in [0.3, 0.4) is 0 Å². The molecule has 1 aliphatic heterocycles. The third-order valence-corrected chi connectivity index (χ3v) is 6.82. The maximum Gasteiger partial charge on any atom is 0.419 e. The van der Waals surface area contributed by atoms with Crippen molar-refractivity contribution < 1.29 is 27.4 Å². The van der Waals surface area contributed by atoms with E-state index in [1.807, 2.05) is 4.57 Å². The number of esters is 1. The Hall–Kier alpha value is -2.77. The molecule has 3 aliphatic rings. The minimum Gasteiger partial charge on any atom is -0.493 e. The van der Waals surface area contributed by atoms with Crippen LogP contribution in [-0.2, 0) is 22.9 Å². The van der Waals surface area contributed by atoms with Crippen LogP contribution < -0.4 is 10.2 Å². The summed E-state index contributed by atoms with van der Waals surface area (Å²) in [6.07, 6.45) is 1.99. The molecule has 32 heavy (non-hydrogen) atoms. The van der Waals surface area contributed by atoms with Gasteiger partial charge in [0.15, 0.2) is 5.43 Å². The van der Waals surface area contributed by atoms with Gasteiger partial charge in [-0.15, -0.1) is 0 Å². The van der Waals surface area contributed by atoms with E-state index in [1.165, 1.54) is 18.3 Å². The van der Waals surface area contributed by atoms with Crippen molar-refractivity contribution in [3.8, 4) is 17.0 Å². The zero-order valence-electron chi connectivity index (χ0n) is 17.8. The number of nitrogens with zero attached hydrogens (tertiary/aromatic N) is 1. The molecule has 2 heterocycles. The highest BCUT2D eigenvalue weighted by Crippen LogP contribution is 2.51. The number of fused-ring (bicyclic) bond motifs is 4. The number of hydrogen-bond acceptors (Lipinski definition) is 4. The van der Waals surface area contributed by atoms with E-state index in [9.17, 15) is 22.8 Å². The molecule has 0 N–H and O–H groups in total. The van der Waals surface area contributed by atoms with Crippen molar-refractivity contribution in [1.82, 2.24) is 4.57 Å². The van der Waals surface area contributed by atoms with Crippen LogP contribution in [0.5, 0.6) is 5.75 Å². The van der Waals surface area contributed by atoms with E-state index >= 15 is 0 Å². The Labute approximate surface area is 183 Å². The molecule has 0 amide bonds. The molecule has 0 bridgehead atoms. The molecular formula is C24H24F3NO4. The average Bonchev–Trinajstić information content (AvgIpc) is 3.53. The summed E-state index contributed by atoms with van der Waals surface area (Å²) in [4.78, 5) is 25.0. The Morgan fingerprint density at radius 1 is 1.22 bits per heavy atom. The second kappa shape index (κ2) is 7.39.